The number of ketones is 3. The van der Waals surface area contributed by atoms with E-state index in [0.29, 0.717) is 45.2 Å². The normalized spacial score (nSPS) is 16.5. The van der Waals surface area contributed by atoms with Crippen molar-refractivity contribution < 1.29 is 65.5 Å². The van der Waals surface area contributed by atoms with Crippen LogP contribution < -0.4 is 98.2 Å². The maximum absolute atomic E-state index is 14.9. The van der Waals surface area contributed by atoms with Gasteiger partial charge in [0.2, 0.25) is 47.0 Å². The van der Waals surface area contributed by atoms with E-state index >= 15 is 0 Å². The van der Waals surface area contributed by atoms with E-state index in [0.717, 1.165) is 40.2 Å². The lowest BCUT2D eigenvalue weighted by Crippen LogP contribution is -2.49. The molecule has 0 aliphatic carbocycles. The lowest BCUT2D eigenvalue weighted by Gasteiger charge is -2.27. The van der Waals surface area contributed by atoms with E-state index in [-0.39, 0.29) is 181 Å². The Hall–Kier alpha value is -11.5. The number of Topliss-reactive ketones (excluding diaryl/α,β-unsaturated/α-hetero) is 3. The van der Waals surface area contributed by atoms with Crippen molar-refractivity contribution in [1.29, 1.82) is 32.5 Å². The number of thioether (sulfide) groups is 1. The number of anilines is 1. The molecule has 3 aliphatic rings. The van der Waals surface area contributed by atoms with Crippen LogP contribution in [0.15, 0.2) is 77.4 Å². The van der Waals surface area contributed by atoms with E-state index < -0.39 is 135 Å². The van der Waals surface area contributed by atoms with E-state index in [1.165, 1.54) is 34.7 Å². The average molecular weight is 1770 g/mol. The van der Waals surface area contributed by atoms with Gasteiger partial charge >= 0.3 is 0 Å². The molecule has 1 saturated heterocycles. The number of likely N-dealkylation sites (tertiary alicyclic amines) is 1. The maximum atomic E-state index is 14.9. The molecular formula is C83H133N26O13S2+. The van der Waals surface area contributed by atoms with Crippen LogP contribution in [0, 0.1) is 63.1 Å². The quantitative estimate of drug-likeness (QED) is 0.00854. The van der Waals surface area contributed by atoms with E-state index in [1.54, 1.807) is 13.0 Å². The molecule has 2 aromatic rings. The van der Waals surface area contributed by atoms with Gasteiger partial charge in [0, 0.05) is 149 Å². The first-order valence-electron chi connectivity index (χ1n) is 42.2. The molecule has 0 saturated carbocycles. The SMILES string of the molecule is CC[N+]1=C(/C=C/C=C/C=C2/N(CCCCCC(=O)NCCN3C(=O)CC(SC[C@@H](CC(=O)[C@@H](CCCNC(=N)N)NC(=O)[C@@H](CCCNC(=N)N)CC(=O)[C@@H](CCCNC(=N)N)NC(=O)[C@@H](CCCNC(=N)N)CC(=O)[C@@H](CCCNC(=N)N)NC(=O)[C@H](C)CCCNC(=N)N)C(N)=O)C3=O)c3ccc(S(=O)(=O)O)cc3C2(C)C)C(C)(C)c2cc(C)ccc21. The largest absolute Gasteiger partial charge is 0.370 e. The summed E-state index contributed by atoms with van der Waals surface area (Å²) in [6, 6.07) is 7.27. The first kappa shape index (κ1) is 103. The molecule has 684 valence electrons. The minimum absolute atomic E-state index is 0.00346. The summed E-state index contributed by atoms with van der Waals surface area (Å²) in [5.41, 5.74) is 45.5. The summed E-state index contributed by atoms with van der Waals surface area (Å²) in [6.07, 6.45) is 11.6. The lowest BCUT2D eigenvalue weighted by molar-refractivity contribution is -0.433. The van der Waals surface area contributed by atoms with Gasteiger partial charge in [0.15, 0.2) is 58.8 Å². The molecule has 41 heteroatoms. The number of allylic oxidation sites excluding steroid dienone is 6. The number of rotatable bonds is 57. The Morgan fingerprint density at radius 1 is 0.548 bits per heavy atom. The van der Waals surface area contributed by atoms with Gasteiger partial charge in [-0.2, -0.15) is 13.0 Å². The van der Waals surface area contributed by atoms with Crippen molar-refractivity contribution in [2.24, 2.45) is 63.8 Å². The van der Waals surface area contributed by atoms with Gasteiger partial charge in [-0.15, -0.1) is 11.8 Å². The van der Waals surface area contributed by atoms with E-state index in [9.17, 15) is 60.9 Å². The molecule has 3 heterocycles. The van der Waals surface area contributed by atoms with Gasteiger partial charge in [-0.1, -0.05) is 57.0 Å². The second-order valence-corrected chi connectivity index (χ2v) is 35.2. The molecule has 2 aromatic carbocycles. The minimum Gasteiger partial charge on any atom is -0.370 e. The third-order valence-electron chi connectivity index (χ3n) is 22.1. The minimum atomic E-state index is -4.51. The van der Waals surface area contributed by atoms with E-state index in [4.69, 9.17) is 72.6 Å². The lowest BCUT2D eigenvalue weighted by atomic mass is 9.81. The summed E-state index contributed by atoms with van der Waals surface area (Å²) < 4.78 is 37.1. The molecular weight excluding hydrogens is 1630 g/mol. The second-order valence-electron chi connectivity index (χ2n) is 32.6. The molecule has 31 N–H and O–H groups in total. The predicted molar refractivity (Wildman–Crippen MR) is 480 cm³/mol. The molecule has 0 aromatic heterocycles. The molecule has 39 nitrogen and oxygen atoms in total. The van der Waals surface area contributed by atoms with Gasteiger partial charge < -0.3 is 98.2 Å². The summed E-state index contributed by atoms with van der Waals surface area (Å²) in [4.78, 5) is 144. The first-order valence-corrected chi connectivity index (χ1v) is 44.7. The van der Waals surface area contributed by atoms with Crippen molar-refractivity contribution >= 4 is 133 Å². The van der Waals surface area contributed by atoms with Crippen molar-refractivity contribution in [3.05, 3.63) is 89.2 Å². The van der Waals surface area contributed by atoms with Crippen molar-refractivity contribution in [3.8, 4) is 0 Å². The number of nitrogens with zero attached hydrogens (tertiary/aromatic N) is 3. The van der Waals surface area contributed by atoms with E-state index in [1.807, 2.05) is 38.2 Å². The zero-order chi connectivity index (χ0) is 92.2. The van der Waals surface area contributed by atoms with Gasteiger partial charge in [0.05, 0.1) is 39.6 Å². The average Bonchev–Trinajstić information content (AvgIpc) is 1.60. The summed E-state index contributed by atoms with van der Waals surface area (Å²) >= 11 is 0.939. The number of benzene rings is 2. The topological polar surface area (TPSA) is 680 Å². The molecule has 7 amide bonds. The molecule has 1 fully saturated rings. The van der Waals surface area contributed by atoms with Crippen LogP contribution in [0.25, 0.3) is 0 Å². The molecule has 8 atom stereocenters. The van der Waals surface area contributed by atoms with Crippen LogP contribution in [0.2, 0.25) is 0 Å². The maximum Gasteiger partial charge on any atom is 0.294 e. The molecule has 5 rings (SSSR count). The Balaban J connectivity index is 1.25. The van der Waals surface area contributed by atoms with Crippen LogP contribution in [0.1, 0.15) is 187 Å². The number of carbonyl (C=O) groups is 10. The number of fused-ring (bicyclic) bond motifs is 2. The third-order valence-corrected chi connectivity index (χ3v) is 24.3. The fourth-order valence-corrected chi connectivity index (χ4v) is 17.1. The van der Waals surface area contributed by atoms with Crippen LogP contribution in [0.5, 0.6) is 0 Å². The van der Waals surface area contributed by atoms with Gasteiger partial charge in [-0.25, -0.2) is 0 Å². The fourth-order valence-electron chi connectivity index (χ4n) is 15.3. The molecule has 0 bridgehead atoms. The van der Waals surface area contributed by atoms with Crippen LogP contribution in [-0.4, -0.2) is 217 Å². The van der Waals surface area contributed by atoms with Crippen molar-refractivity contribution in [3.63, 3.8) is 0 Å². The number of amides is 7. The Labute approximate surface area is 730 Å². The fraction of sp³-hybridized carbons (Fsp3) is 0.578. The smallest absolute Gasteiger partial charge is 0.294 e. The highest BCUT2D eigenvalue weighted by molar-refractivity contribution is 8.00. The zero-order valence-corrected chi connectivity index (χ0v) is 74.1. The number of imide groups is 1. The summed E-state index contributed by atoms with van der Waals surface area (Å²) in [5.74, 6) is -12.8. The summed E-state index contributed by atoms with van der Waals surface area (Å²) in [5, 5.41) is 72.1. The highest BCUT2D eigenvalue weighted by atomic mass is 32.2. The number of hydrogen-bond donors (Lipinski definition) is 24. The summed E-state index contributed by atoms with van der Waals surface area (Å²) in [7, 11) is -4.51. The number of nitrogens with one attached hydrogen (secondary N) is 16. The van der Waals surface area contributed by atoms with Crippen LogP contribution in [0.4, 0.5) is 11.4 Å². The molecule has 124 heavy (non-hydrogen) atoms. The highest BCUT2D eigenvalue weighted by Crippen LogP contribution is 2.49. The number of aryl methyl sites for hydroxylation is 1. The molecule has 1 unspecified atom stereocenters. The molecule has 0 radical (unpaired) electrons. The Kier molecular flexibility index (Phi) is 41.8. The number of hydrogen-bond acceptors (Lipinski definition) is 20. The monoisotopic (exact) mass is 1770 g/mol. The Morgan fingerprint density at radius 2 is 1.02 bits per heavy atom. The van der Waals surface area contributed by atoms with E-state index in [2.05, 4.69) is 115 Å². The van der Waals surface area contributed by atoms with Gasteiger partial charge in [0.25, 0.3) is 10.1 Å². The number of carbonyl (C=O) groups excluding carboxylic acids is 10. The second kappa shape index (κ2) is 50.3. The van der Waals surface area contributed by atoms with Crippen LogP contribution in [0.3, 0.4) is 0 Å². The summed E-state index contributed by atoms with van der Waals surface area (Å²) in [6.45, 7) is 16.2. The number of unbranched alkanes of at least 4 members (excludes halogenated alkanes) is 2. The highest BCUT2D eigenvalue weighted by Gasteiger charge is 2.45. The van der Waals surface area contributed by atoms with Crippen molar-refractivity contribution in [2.45, 2.75) is 216 Å². The third kappa shape index (κ3) is 33.3. The first-order chi connectivity index (χ1) is 58.5. The van der Waals surface area contributed by atoms with Crippen LogP contribution in [-0.2, 0) is 68.9 Å². The van der Waals surface area contributed by atoms with Crippen molar-refractivity contribution in [1.82, 2.24) is 58.1 Å². The van der Waals surface area contributed by atoms with Gasteiger partial charge in [0.1, 0.15) is 6.54 Å². The van der Waals surface area contributed by atoms with Crippen molar-refractivity contribution in [2.75, 3.05) is 76.1 Å². The predicted octanol–water partition coefficient (Wildman–Crippen LogP) is 1.85. The van der Waals surface area contributed by atoms with Gasteiger partial charge in [-0.3, -0.25) is 89.9 Å². The van der Waals surface area contributed by atoms with Crippen LogP contribution >= 0.6 is 11.8 Å². The Bertz CT molecular complexity index is 4430. The Morgan fingerprint density at radius 3 is 1.48 bits per heavy atom. The number of guanidine groups is 6. The molecule has 0 spiro atoms. The number of primary amides is 1. The van der Waals surface area contributed by atoms with Gasteiger partial charge in [-0.05, 0) is 153 Å². The zero-order valence-electron chi connectivity index (χ0n) is 72.4. The molecule has 3 aliphatic heterocycles. The standard InChI is InChI=1S/C83H132N26O13S2/c1-8-107-61-32-30-50(2)43-56(61)82(4,5)67(107)27-11-9-12-28-68-83(6,7)57-47-55(124(120,121)122)31-33-62(57)108(68)41-14-10-13-29-69(113)97-40-42-109-70(114)48-66(75(109)119)123-49-54(71(84)115)46-65(112)60(26-20-39-103-81(95)96)106-74(118)53(23-17-36-100-78(89)90)45-64(111)59(25-19-38-102-80(93)94)105-73(117)52(22-16-35-99-77(87)88)44-63(110)58(24-18-37-101-79(91)92)104-72(116)51(3)21-15-34-98-76(85)86/h9,11-12,27-28,30-33,43,47,51-54,58-60,66H,8,10,13-26,29,34-42,44-46,48-49H2,1-7H3,(H30-,84,85,86,87,88,89,90,91,92,93,94,95,96,97,98,99,100,101,102,103,104,105,106,113,115,116,117,118,120,121,122)/p+1/t51-,52+,53+,54-,58-,59-,60-,66?/m1/s1. The number of nitrogens with two attached hydrogens (primary N) is 7.